The average Bonchev–Trinajstić information content (AvgIpc) is 2.96. The molecule has 0 aliphatic rings. The van der Waals surface area contributed by atoms with Gasteiger partial charge in [-0.05, 0) is 26.3 Å². The molecule has 2 rings (SSSR count). The molecule has 0 aliphatic heterocycles. The number of ether oxygens (including phenoxy) is 1. The second-order valence-corrected chi connectivity index (χ2v) is 5.52. The molecule has 0 radical (unpaired) electrons. The van der Waals surface area contributed by atoms with E-state index >= 15 is 0 Å². The van der Waals surface area contributed by atoms with Gasteiger partial charge in [-0.25, -0.2) is 15.0 Å². The van der Waals surface area contributed by atoms with Crippen LogP contribution in [-0.4, -0.2) is 38.4 Å². The smallest absolute Gasteiger partial charge is 0.213 e. The Bertz CT molecular complexity index is 649. The van der Waals surface area contributed by atoms with Gasteiger partial charge in [0, 0.05) is 25.9 Å². The summed E-state index contributed by atoms with van der Waals surface area (Å²) in [6.07, 6.45) is 3.44. The lowest BCUT2D eigenvalue weighted by Crippen LogP contribution is -2.37. The van der Waals surface area contributed by atoms with Gasteiger partial charge in [-0.3, -0.25) is 4.68 Å². The summed E-state index contributed by atoms with van der Waals surface area (Å²) in [6, 6.07) is 3.84. The van der Waals surface area contributed by atoms with Gasteiger partial charge in [-0.2, -0.15) is 5.10 Å². The highest BCUT2D eigenvalue weighted by atomic mass is 16.5. The van der Waals surface area contributed by atoms with Crippen molar-refractivity contribution in [1.29, 1.82) is 0 Å². The van der Waals surface area contributed by atoms with Crippen molar-refractivity contribution in [3.8, 4) is 5.88 Å². The largest absolute Gasteiger partial charge is 0.475 e. The maximum atomic E-state index is 5.54. The fourth-order valence-electron chi connectivity index (χ4n) is 1.97. The van der Waals surface area contributed by atoms with Gasteiger partial charge in [0.15, 0.2) is 5.96 Å². The molecule has 0 saturated heterocycles. The molecule has 24 heavy (non-hydrogen) atoms. The molecular formula is C16H25N7O. The lowest BCUT2D eigenvalue weighted by Gasteiger charge is -2.11. The topological polar surface area (TPSA) is 89.2 Å². The van der Waals surface area contributed by atoms with Crippen molar-refractivity contribution in [3.63, 3.8) is 0 Å². The summed E-state index contributed by atoms with van der Waals surface area (Å²) < 4.78 is 7.27. The van der Waals surface area contributed by atoms with Crippen LogP contribution in [-0.2, 0) is 20.1 Å². The van der Waals surface area contributed by atoms with Crippen molar-refractivity contribution < 1.29 is 4.74 Å². The normalized spacial score (nSPS) is 11.6. The molecule has 2 heterocycles. The molecule has 0 unspecified atom stereocenters. The summed E-state index contributed by atoms with van der Waals surface area (Å²) in [6.45, 7) is 7.85. The minimum atomic E-state index is 0.117. The molecule has 0 atom stereocenters. The van der Waals surface area contributed by atoms with E-state index in [4.69, 9.17) is 4.74 Å². The zero-order chi connectivity index (χ0) is 17.4. The highest BCUT2D eigenvalue weighted by Crippen LogP contribution is 2.10. The van der Waals surface area contributed by atoms with Crippen LogP contribution in [0.5, 0.6) is 5.88 Å². The van der Waals surface area contributed by atoms with Crippen LogP contribution in [0.4, 0.5) is 0 Å². The number of guanidine groups is 1. The molecule has 0 amide bonds. The fourth-order valence-corrected chi connectivity index (χ4v) is 1.97. The standard InChI is InChI=1S/C16H25N7O/c1-5-17-16(20-10-14-21-11-22-23(14)4)19-9-13-6-7-15(18-8-13)24-12(2)3/h6-8,11-12H,5,9-10H2,1-4H3,(H2,17,19,20). The van der Waals surface area contributed by atoms with Crippen LogP contribution >= 0.6 is 0 Å². The highest BCUT2D eigenvalue weighted by Gasteiger charge is 2.03. The second-order valence-electron chi connectivity index (χ2n) is 5.52. The zero-order valence-corrected chi connectivity index (χ0v) is 14.7. The lowest BCUT2D eigenvalue weighted by molar-refractivity contribution is 0.232. The number of aromatic nitrogens is 4. The number of aliphatic imine (C=N–C) groups is 1. The molecule has 8 heteroatoms. The van der Waals surface area contributed by atoms with E-state index in [1.807, 2.05) is 40.0 Å². The Kier molecular flexibility index (Phi) is 6.53. The monoisotopic (exact) mass is 331 g/mol. The predicted molar refractivity (Wildman–Crippen MR) is 92.7 cm³/mol. The number of nitrogens with zero attached hydrogens (tertiary/aromatic N) is 5. The molecule has 0 aliphatic carbocycles. The van der Waals surface area contributed by atoms with Crippen LogP contribution in [0, 0.1) is 0 Å². The minimum Gasteiger partial charge on any atom is -0.475 e. The van der Waals surface area contributed by atoms with Crippen LogP contribution in [0.1, 0.15) is 32.2 Å². The van der Waals surface area contributed by atoms with Crippen molar-refractivity contribution in [2.75, 3.05) is 6.54 Å². The van der Waals surface area contributed by atoms with Crippen LogP contribution in [0.3, 0.4) is 0 Å². The van der Waals surface area contributed by atoms with Crippen molar-refractivity contribution >= 4 is 5.96 Å². The molecule has 2 aromatic heterocycles. The molecule has 8 nitrogen and oxygen atoms in total. The van der Waals surface area contributed by atoms with Crippen molar-refractivity contribution in [1.82, 2.24) is 30.4 Å². The first-order chi connectivity index (χ1) is 11.6. The summed E-state index contributed by atoms with van der Waals surface area (Å²) in [5, 5.41) is 10.5. The second kappa shape index (κ2) is 8.85. The Hall–Kier alpha value is -2.64. The third-order valence-corrected chi connectivity index (χ3v) is 3.14. The van der Waals surface area contributed by atoms with Crippen molar-refractivity contribution in [3.05, 3.63) is 36.0 Å². The Morgan fingerprint density at radius 1 is 1.29 bits per heavy atom. The van der Waals surface area contributed by atoms with Gasteiger partial charge in [-0.15, -0.1) is 0 Å². The van der Waals surface area contributed by atoms with Crippen molar-refractivity contribution in [2.24, 2.45) is 12.0 Å². The highest BCUT2D eigenvalue weighted by molar-refractivity contribution is 5.79. The number of nitrogens with one attached hydrogen (secondary N) is 2. The van der Waals surface area contributed by atoms with Gasteiger partial charge in [0.05, 0.1) is 19.2 Å². The first-order valence-corrected chi connectivity index (χ1v) is 8.05. The summed E-state index contributed by atoms with van der Waals surface area (Å²) in [4.78, 5) is 13.0. The molecule has 0 fully saturated rings. The molecule has 2 N–H and O–H groups in total. The molecule has 2 aromatic rings. The first-order valence-electron chi connectivity index (χ1n) is 8.05. The quantitative estimate of drug-likeness (QED) is 0.586. The van der Waals surface area contributed by atoms with E-state index in [0.717, 1.165) is 23.9 Å². The van der Waals surface area contributed by atoms with Crippen LogP contribution in [0.15, 0.2) is 29.6 Å². The van der Waals surface area contributed by atoms with E-state index < -0.39 is 0 Å². The predicted octanol–water partition coefficient (Wildman–Crippen LogP) is 1.25. The summed E-state index contributed by atoms with van der Waals surface area (Å²) in [5.74, 6) is 2.20. The lowest BCUT2D eigenvalue weighted by atomic mass is 10.3. The molecule has 130 valence electrons. The van der Waals surface area contributed by atoms with Gasteiger partial charge in [-0.1, -0.05) is 6.07 Å². The molecule has 0 saturated carbocycles. The van der Waals surface area contributed by atoms with Gasteiger partial charge >= 0.3 is 0 Å². The molecule has 0 bridgehead atoms. The minimum absolute atomic E-state index is 0.117. The van der Waals surface area contributed by atoms with E-state index in [9.17, 15) is 0 Å². The van der Waals surface area contributed by atoms with Gasteiger partial charge in [0.1, 0.15) is 12.2 Å². The van der Waals surface area contributed by atoms with Crippen LogP contribution < -0.4 is 15.4 Å². The average molecular weight is 331 g/mol. The molecular weight excluding hydrogens is 306 g/mol. The third-order valence-electron chi connectivity index (χ3n) is 3.14. The van der Waals surface area contributed by atoms with E-state index in [-0.39, 0.29) is 6.10 Å². The fraction of sp³-hybridized carbons (Fsp3) is 0.500. The van der Waals surface area contributed by atoms with Crippen LogP contribution in [0.25, 0.3) is 0 Å². The Morgan fingerprint density at radius 2 is 2.12 bits per heavy atom. The zero-order valence-electron chi connectivity index (χ0n) is 14.7. The number of hydrogen-bond acceptors (Lipinski definition) is 5. The molecule has 0 aromatic carbocycles. The summed E-state index contributed by atoms with van der Waals surface area (Å²) in [7, 11) is 1.86. The van der Waals surface area contributed by atoms with E-state index in [2.05, 4.69) is 30.7 Å². The number of aryl methyl sites for hydroxylation is 1. The summed E-state index contributed by atoms with van der Waals surface area (Å²) >= 11 is 0. The Balaban J connectivity index is 1.93. The number of hydrogen-bond donors (Lipinski definition) is 2. The first kappa shape index (κ1) is 17.7. The Labute approximate surface area is 142 Å². The Morgan fingerprint density at radius 3 is 2.71 bits per heavy atom. The number of rotatable bonds is 7. The van der Waals surface area contributed by atoms with E-state index in [1.165, 1.54) is 6.33 Å². The molecule has 0 spiro atoms. The summed E-state index contributed by atoms with van der Waals surface area (Å²) in [5.41, 5.74) is 1.02. The van der Waals surface area contributed by atoms with E-state index in [0.29, 0.717) is 19.0 Å². The van der Waals surface area contributed by atoms with Gasteiger partial charge in [0.2, 0.25) is 5.88 Å². The van der Waals surface area contributed by atoms with E-state index in [1.54, 1.807) is 10.9 Å². The van der Waals surface area contributed by atoms with Gasteiger partial charge in [0.25, 0.3) is 0 Å². The van der Waals surface area contributed by atoms with Crippen molar-refractivity contribution in [2.45, 2.75) is 40.0 Å². The van der Waals surface area contributed by atoms with Crippen LogP contribution in [0.2, 0.25) is 0 Å². The van der Waals surface area contributed by atoms with Gasteiger partial charge < -0.3 is 15.4 Å². The SMILES string of the molecule is CCNC(=NCc1ccc(OC(C)C)nc1)NCc1ncnn1C. The third kappa shape index (κ3) is 5.53. The number of pyridine rings is 1. The maximum Gasteiger partial charge on any atom is 0.213 e. The maximum absolute atomic E-state index is 5.54.